The van der Waals surface area contributed by atoms with Gasteiger partial charge in [0.25, 0.3) is 0 Å². The summed E-state index contributed by atoms with van der Waals surface area (Å²) in [6.45, 7) is 2.28. The van der Waals surface area contributed by atoms with E-state index < -0.39 is 11.6 Å². The van der Waals surface area contributed by atoms with E-state index >= 15 is 0 Å². The first kappa shape index (κ1) is 16.0. The first-order chi connectivity index (χ1) is 12.2. The van der Waals surface area contributed by atoms with Crippen LogP contribution < -0.4 is 0 Å². The second-order valence-corrected chi connectivity index (χ2v) is 6.36. The standard InChI is InChI=1S/C18H17F2N3O2/c19-14-7-13(8-15(20)9-14)6-12-3-4-23(10-12)11-17-21-18(22-25-17)16-2-1-5-24-16/h1-2,5,7-9,12H,3-4,6,10-11H2. The van der Waals surface area contributed by atoms with Gasteiger partial charge in [0.05, 0.1) is 12.8 Å². The highest BCUT2D eigenvalue weighted by atomic mass is 19.1. The minimum Gasteiger partial charge on any atom is -0.461 e. The number of aromatic nitrogens is 2. The Bertz CT molecular complexity index is 828. The molecular formula is C18H17F2N3O2. The third-order valence-electron chi connectivity index (χ3n) is 4.39. The van der Waals surface area contributed by atoms with Crippen LogP contribution in [0.3, 0.4) is 0 Å². The van der Waals surface area contributed by atoms with E-state index in [1.807, 2.05) is 0 Å². The van der Waals surface area contributed by atoms with E-state index in [4.69, 9.17) is 8.94 Å². The number of benzene rings is 1. The van der Waals surface area contributed by atoms with Crippen LogP contribution in [0.25, 0.3) is 11.6 Å². The molecule has 1 fully saturated rings. The third kappa shape index (κ3) is 3.76. The molecule has 2 aromatic heterocycles. The van der Waals surface area contributed by atoms with Gasteiger partial charge in [0.15, 0.2) is 5.76 Å². The Morgan fingerprint density at radius 1 is 1.20 bits per heavy atom. The second-order valence-electron chi connectivity index (χ2n) is 6.36. The first-order valence-corrected chi connectivity index (χ1v) is 8.19. The van der Waals surface area contributed by atoms with Crippen molar-refractivity contribution in [2.75, 3.05) is 13.1 Å². The number of likely N-dealkylation sites (tertiary alicyclic amines) is 1. The predicted molar refractivity (Wildman–Crippen MR) is 85.4 cm³/mol. The second kappa shape index (κ2) is 6.76. The Kier molecular flexibility index (Phi) is 4.31. The summed E-state index contributed by atoms with van der Waals surface area (Å²) in [6.07, 6.45) is 3.19. The molecule has 0 aliphatic carbocycles. The monoisotopic (exact) mass is 345 g/mol. The van der Waals surface area contributed by atoms with Gasteiger partial charge in [0, 0.05) is 12.6 Å². The van der Waals surface area contributed by atoms with Crippen LogP contribution >= 0.6 is 0 Å². The van der Waals surface area contributed by atoms with E-state index in [-0.39, 0.29) is 0 Å². The van der Waals surface area contributed by atoms with Crippen LogP contribution in [0.2, 0.25) is 0 Å². The van der Waals surface area contributed by atoms with Crippen LogP contribution in [0.5, 0.6) is 0 Å². The number of furan rings is 1. The van der Waals surface area contributed by atoms with E-state index in [1.165, 1.54) is 12.1 Å². The topological polar surface area (TPSA) is 55.3 Å². The number of halogens is 2. The summed E-state index contributed by atoms with van der Waals surface area (Å²) in [5, 5.41) is 3.92. The molecule has 1 aliphatic heterocycles. The van der Waals surface area contributed by atoms with Gasteiger partial charge in [-0.1, -0.05) is 5.16 Å². The van der Waals surface area contributed by atoms with E-state index in [1.54, 1.807) is 18.4 Å². The molecule has 3 heterocycles. The SMILES string of the molecule is Fc1cc(F)cc(CC2CCN(Cc3nc(-c4ccco4)no3)C2)c1. The molecule has 0 N–H and O–H groups in total. The summed E-state index contributed by atoms with van der Waals surface area (Å²) in [4.78, 5) is 6.54. The van der Waals surface area contributed by atoms with Crippen LogP contribution in [-0.2, 0) is 13.0 Å². The van der Waals surface area contributed by atoms with E-state index in [2.05, 4.69) is 15.0 Å². The van der Waals surface area contributed by atoms with E-state index in [0.717, 1.165) is 25.6 Å². The van der Waals surface area contributed by atoms with E-state index in [9.17, 15) is 8.78 Å². The van der Waals surface area contributed by atoms with Crippen molar-refractivity contribution in [2.24, 2.45) is 5.92 Å². The van der Waals surface area contributed by atoms with Crippen LogP contribution in [0.4, 0.5) is 8.78 Å². The smallest absolute Gasteiger partial charge is 0.241 e. The van der Waals surface area contributed by atoms with Gasteiger partial charge in [-0.25, -0.2) is 8.78 Å². The molecule has 1 atom stereocenters. The molecule has 0 amide bonds. The lowest BCUT2D eigenvalue weighted by Crippen LogP contribution is -2.20. The Morgan fingerprint density at radius 3 is 2.80 bits per heavy atom. The first-order valence-electron chi connectivity index (χ1n) is 8.19. The molecule has 0 saturated carbocycles. The lowest BCUT2D eigenvalue weighted by molar-refractivity contribution is 0.260. The predicted octanol–water partition coefficient (Wildman–Crippen LogP) is 3.67. The molecule has 1 unspecified atom stereocenters. The van der Waals surface area contributed by atoms with Crippen LogP contribution in [0.15, 0.2) is 45.5 Å². The fraction of sp³-hybridized carbons (Fsp3) is 0.333. The quantitative estimate of drug-likeness (QED) is 0.706. The van der Waals surface area contributed by atoms with Crippen LogP contribution in [-0.4, -0.2) is 28.1 Å². The van der Waals surface area contributed by atoms with Crippen molar-refractivity contribution >= 4 is 0 Å². The maximum absolute atomic E-state index is 13.3. The fourth-order valence-corrected chi connectivity index (χ4v) is 3.30. The molecular weight excluding hydrogens is 328 g/mol. The highest BCUT2D eigenvalue weighted by molar-refractivity contribution is 5.44. The molecule has 0 spiro atoms. The number of hydrogen-bond acceptors (Lipinski definition) is 5. The Balaban J connectivity index is 1.35. The molecule has 3 aromatic rings. The molecule has 1 aliphatic rings. The number of rotatable bonds is 5. The Labute approximate surface area is 143 Å². The maximum Gasteiger partial charge on any atom is 0.241 e. The average Bonchev–Trinajstić information content (AvgIpc) is 3.28. The van der Waals surface area contributed by atoms with Gasteiger partial charge in [-0.15, -0.1) is 0 Å². The van der Waals surface area contributed by atoms with Gasteiger partial charge in [0.2, 0.25) is 11.7 Å². The molecule has 0 radical (unpaired) electrons. The van der Waals surface area contributed by atoms with Gasteiger partial charge < -0.3 is 8.94 Å². The minimum absolute atomic E-state index is 0.355. The third-order valence-corrected chi connectivity index (χ3v) is 4.39. The minimum atomic E-state index is -0.527. The van der Waals surface area contributed by atoms with Crippen LogP contribution in [0, 0.1) is 17.6 Å². The van der Waals surface area contributed by atoms with Gasteiger partial charge in [0.1, 0.15) is 11.6 Å². The zero-order valence-corrected chi connectivity index (χ0v) is 13.5. The summed E-state index contributed by atoms with van der Waals surface area (Å²) in [7, 11) is 0. The summed E-state index contributed by atoms with van der Waals surface area (Å²) >= 11 is 0. The Morgan fingerprint density at radius 2 is 2.04 bits per heavy atom. The number of hydrogen-bond donors (Lipinski definition) is 0. The van der Waals surface area contributed by atoms with Crippen molar-refractivity contribution in [1.82, 2.24) is 15.0 Å². The summed E-state index contributed by atoms with van der Waals surface area (Å²) in [5.74, 6) is 0.841. The largest absolute Gasteiger partial charge is 0.461 e. The van der Waals surface area contributed by atoms with Crippen molar-refractivity contribution in [2.45, 2.75) is 19.4 Å². The molecule has 130 valence electrons. The highest BCUT2D eigenvalue weighted by Crippen LogP contribution is 2.24. The zero-order chi connectivity index (χ0) is 17.2. The molecule has 1 aromatic carbocycles. The molecule has 4 rings (SSSR count). The Hall–Kier alpha value is -2.54. The van der Waals surface area contributed by atoms with Crippen molar-refractivity contribution in [3.05, 3.63) is 59.7 Å². The van der Waals surface area contributed by atoms with Gasteiger partial charge in [-0.2, -0.15) is 4.98 Å². The van der Waals surface area contributed by atoms with Gasteiger partial charge in [-0.3, -0.25) is 4.90 Å². The molecule has 7 heteroatoms. The van der Waals surface area contributed by atoms with Crippen LogP contribution in [0.1, 0.15) is 17.9 Å². The summed E-state index contributed by atoms with van der Waals surface area (Å²) < 4.78 is 37.1. The van der Waals surface area contributed by atoms with E-state index in [0.29, 0.717) is 41.9 Å². The zero-order valence-electron chi connectivity index (χ0n) is 13.5. The van der Waals surface area contributed by atoms with Crippen molar-refractivity contribution in [3.8, 4) is 11.6 Å². The lowest BCUT2D eigenvalue weighted by atomic mass is 9.98. The normalized spacial score (nSPS) is 18.1. The average molecular weight is 345 g/mol. The molecule has 25 heavy (non-hydrogen) atoms. The van der Waals surface area contributed by atoms with Gasteiger partial charge >= 0.3 is 0 Å². The summed E-state index contributed by atoms with van der Waals surface area (Å²) in [6, 6.07) is 7.25. The van der Waals surface area contributed by atoms with Crippen molar-refractivity contribution in [3.63, 3.8) is 0 Å². The highest BCUT2D eigenvalue weighted by Gasteiger charge is 2.25. The fourth-order valence-electron chi connectivity index (χ4n) is 3.30. The number of nitrogens with zero attached hydrogens (tertiary/aromatic N) is 3. The molecule has 5 nitrogen and oxygen atoms in total. The molecule has 1 saturated heterocycles. The summed E-state index contributed by atoms with van der Waals surface area (Å²) in [5.41, 5.74) is 0.697. The molecule has 0 bridgehead atoms. The maximum atomic E-state index is 13.3. The van der Waals surface area contributed by atoms with Gasteiger partial charge in [-0.05, 0) is 55.1 Å². The van der Waals surface area contributed by atoms with Crippen molar-refractivity contribution in [1.29, 1.82) is 0 Å². The lowest BCUT2D eigenvalue weighted by Gasteiger charge is -2.13. The van der Waals surface area contributed by atoms with Crippen molar-refractivity contribution < 1.29 is 17.7 Å².